The van der Waals surface area contributed by atoms with Crippen LogP contribution in [0.2, 0.25) is 0 Å². The molecule has 0 spiro atoms. The van der Waals surface area contributed by atoms with Gasteiger partial charge in [0.1, 0.15) is 47.0 Å². The Hall–Kier alpha value is -5.32. The van der Waals surface area contributed by atoms with Crippen molar-refractivity contribution < 1.29 is 8.83 Å². The van der Waals surface area contributed by atoms with Crippen LogP contribution in [0.5, 0.6) is 0 Å². The fourth-order valence-electron chi connectivity index (χ4n) is 4.28. The van der Waals surface area contributed by atoms with Crippen LogP contribution in [0.3, 0.4) is 0 Å². The summed E-state index contributed by atoms with van der Waals surface area (Å²) >= 11 is 0. The van der Waals surface area contributed by atoms with E-state index in [1.165, 1.54) is 0 Å². The molecule has 36 heavy (non-hydrogen) atoms. The molecular formula is C26H16N8O2. The predicted molar refractivity (Wildman–Crippen MR) is 132 cm³/mol. The van der Waals surface area contributed by atoms with E-state index in [0.29, 0.717) is 43.9 Å². The molecule has 10 nitrogen and oxygen atoms in total. The molecule has 0 radical (unpaired) electrons. The van der Waals surface area contributed by atoms with Crippen LogP contribution in [0.4, 0.5) is 0 Å². The summed E-state index contributed by atoms with van der Waals surface area (Å²) in [5.74, 6) is 1.22. The number of hydrogen-bond acceptors (Lipinski definition) is 10. The van der Waals surface area contributed by atoms with Gasteiger partial charge < -0.3 is 8.83 Å². The summed E-state index contributed by atoms with van der Waals surface area (Å²) in [5.41, 5.74) is 1.09. The van der Waals surface area contributed by atoms with Crippen molar-refractivity contribution in [3.05, 3.63) is 34.1 Å². The van der Waals surface area contributed by atoms with Crippen LogP contribution in [0.25, 0.3) is 33.1 Å². The van der Waals surface area contributed by atoms with E-state index in [0.717, 1.165) is 0 Å². The lowest BCUT2D eigenvalue weighted by molar-refractivity contribution is 0.518. The number of benzene rings is 1. The summed E-state index contributed by atoms with van der Waals surface area (Å²) in [6, 6.07) is 11.7. The standard InChI is InChI=1S/C26H16N8O2/c1-11(2)19-5-13-21(23-15(7-27)31-32-16(23)8-28)26-14(6-20(36-26)12(3)4)22(25(13)35-19)24-17(9-29)33-34-18(24)10-30/h5-6,11-12H,1-4H3. The average molecular weight is 472 g/mol. The summed E-state index contributed by atoms with van der Waals surface area (Å²) in [6.45, 7) is 7.83. The van der Waals surface area contributed by atoms with E-state index in [9.17, 15) is 21.0 Å². The molecule has 0 saturated heterocycles. The zero-order chi connectivity index (χ0) is 25.7. The molecule has 0 N–H and O–H groups in total. The summed E-state index contributed by atoms with van der Waals surface area (Å²) in [6.07, 6.45) is 0. The van der Waals surface area contributed by atoms with E-state index in [1.807, 2.05) is 64.1 Å². The van der Waals surface area contributed by atoms with E-state index in [1.54, 1.807) is 0 Å². The molecule has 2 aliphatic rings. The van der Waals surface area contributed by atoms with Gasteiger partial charge in [-0.1, -0.05) is 27.7 Å². The van der Waals surface area contributed by atoms with Crippen molar-refractivity contribution in [1.82, 2.24) is 0 Å². The van der Waals surface area contributed by atoms with Crippen molar-refractivity contribution in [1.29, 1.82) is 21.0 Å². The van der Waals surface area contributed by atoms with Gasteiger partial charge in [-0.15, -0.1) is 20.4 Å². The summed E-state index contributed by atoms with van der Waals surface area (Å²) in [5, 5.41) is 56.5. The minimum Gasteiger partial charge on any atom is -0.460 e. The molecule has 0 amide bonds. The Kier molecular flexibility index (Phi) is 5.10. The molecule has 0 fully saturated rings. The first-order valence-corrected chi connectivity index (χ1v) is 11.0. The maximum absolute atomic E-state index is 9.76. The molecule has 0 unspecified atom stereocenters. The zero-order valence-corrected chi connectivity index (χ0v) is 19.7. The van der Waals surface area contributed by atoms with Crippen LogP contribution in [-0.2, 0) is 0 Å². The molecule has 3 aromatic rings. The quantitative estimate of drug-likeness (QED) is 0.552. The summed E-state index contributed by atoms with van der Waals surface area (Å²) in [7, 11) is 0. The third-order valence-corrected chi connectivity index (χ3v) is 6.00. The highest BCUT2D eigenvalue weighted by molar-refractivity contribution is 6.56. The number of nitrogens with zero attached hydrogens (tertiary/aromatic N) is 8. The van der Waals surface area contributed by atoms with Crippen molar-refractivity contribution in [2.45, 2.75) is 39.5 Å². The minimum absolute atomic E-state index is 0.0146. The van der Waals surface area contributed by atoms with E-state index >= 15 is 0 Å². The highest BCUT2D eigenvalue weighted by atomic mass is 16.3. The van der Waals surface area contributed by atoms with E-state index < -0.39 is 0 Å². The fourth-order valence-corrected chi connectivity index (χ4v) is 4.28. The lowest BCUT2D eigenvalue weighted by atomic mass is 9.95. The van der Waals surface area contributed by atoms with Crippen molar-refractivity contribution in [2.75, 3.05) is 0 Å². The maximum atomic E-state index is 9.76. The second-order valence-corrected chi connectivity index (χ2v) is 8.83. The molecule has 5 rings (SSSR count). The Morgan fingerprint density at radius 1 is 0.583 bits per heavy atom. The van der Waals surface area contributed by atoms with Crippen molar-refractivity contribution in [2.24, 2.45) is 20.4 Å². The predicted octanol–water partition coefficient (Wildman–Crippen LogP) is 3.44. The molecule has 0 aliphatic carbocycles. The second-order valence-electron chi connectivity index (χ2n) is 8.83. The molecule has 0 atom stereocenters. The maximum Gasteiger partial charge on any atom is 0.174 e. The van der Waals surface area contributed by atoms with Gasteiger partial charge in [0.2, 0.25) is 0 Å². The molecule has 1 aromatic carbocycles. The molecule has 4 heterocycles. The average Bonchev–Trinajstić information content (AvgIpc) is 3.65. The van der Waals surface area contributed by atoms with Crippen LogP contribution in [0.1, 0.15) is 51.1 Å². The molecular weight excluding hydrogens is 456 g/mol. The van der Waals surface area contributed by atoms with Gasteiger partial charge in [-0.25, -0.2) is 0 Å². The van der Waals surface area contributed by atoms with Gasteiger partial charge in [0.25, 0.3) is 0 Å². The molecule has 2 aromatic heterocycles. The highest BCUT2D eigenvalue weighted by Gasteiger charge is 2.30. The highest BCUT2D eigenvalue weighted by Crippen LogP contribution is 2.29. The smallest absolute Gasteiger partial charge is 0.174 e. The van der Waals surface area contributed by atoms with Gasteiger partial charge in [0.05, 0.1) is 11.1 Å². The Balaban J connectivity index is 2.20. The lowest BCUT2D eigenvalue weighted by Crippen LogP contribution is -2.24. The zero-order valence-electron chi connectivity index (χ0n) is 19.7. The topological polar surface area (TPSA) is 171 Å². The van der Waals surface area contributed by atoms with E-state index in [4.69, 9.17) is 8.83 Å². The molecule has 10 heteroatoms. The SMILES string of the molecule is CC(C)c1cc2c(=C3C(C#N)=NN=C3C#N)c3oc(C(C)C)cc3c(=C3C(C#N)=NN=C3C#N)c2o1. The van der Waals surface area contributed by atoms with Gasteiger partial charge in [0.15, 0.2) is 22.8 Å². The number of hydrogen-bond donors (Lipinski definition) is 0. The normalized spacial score (nSPS) is 15.1. The molecule has 172 valence electrons. The fraction of sp³-hybridized carbons (Fsp3) is 0.231. The Bertz CT molecular complexity index is 1670. The van der Waals surface area contributed by atoms with Crippen LogP contribution in [-0.4, -0.2) is 22.8 Å². The van der Waals surface area contributed by atoms with Crippen molar-refractivity contribution in [3.63, 3.8) is 0 Å². The first kappa shape index (κ1) is 22.5. The van der Waals surface area contributed by atoms with Crippen LogP contribution < -0.4 is 10.4 Å². The van der Waals surface area contributed by atoms with Crippen LogP contribution in [0, 0.1) is 45.3 Å². The number of fused-ring (bicyclic) bond motifs is 2. The summed E-state index contributed by atoms with van der Waals surface area (Å²) < 4.78 is 12.6. The van der Waals surface area contributed by atoms with Gasteiger partial charge in [-0.2, -0.15) is 21.0 Å². The Morgan fingerprint density at radius 3 is 1.14 bits per heavy atom. The van der Waals surface area contributed by atoms with Crippen molar-refractivity contribution in [3.8, 4) is 24.3 Å². The first-order chi connectivity index (χ1) is 17.3. The second kappa shape index (κ2) is 8.17. The lowest BCUT2D eigenvalue weighted by Gasteiger charge is -2.04. The monoisotopic (exact) mass is 472 g/mol. The number of nitriles is 4. The molecule has 2 aliphatic heterocycles. The van der Waals surface area contributed by atoms with Crippen LogP contribution in [0.15, 0.2) is 41.4 Å². The Labute approximate surface area is 204 Å². The number of rotatable bonds is 2. The third kappa shape index (κ3) is 3.06. The van der Waals surface area contributed by atoms with Crippen molar-refractivity contribution >= 4 is 55.9 Å². The minimum atomic E-state index is -0.0243. The van der Waals surface area contributed by atoms with E-state index in [-0.39, 0.29) is 45.8 Å². The van der Waals surface area contributed by atoms with Gasteiger partial charge >= 0.3 is 0 Å². The van der Waals surface area contributed by atoms with Gasteiger partial charge in [-0.3, -0.25) is 0 Å². The summed E-state index contributed by atoms with van der Waals surface area (Å²) in [4.78, 5) is 0. The van der Waals surface area contributed by atoms with Gasteiger partial charge in [-0.05, 0) is 12.1 Å². The first-order valence-electron chi connectivity index (χ1n) is 11.0. The molecule has 0 bridgehead atoms. The number of furan rings is 2. The van der Waals surface area contributed by atoms with E-state index in [2.05, 4.69) is 20.4 Å². The molecule has 0 saturated carbocycles. The van der Waals surface area contributed by atoms with Crippen LogP contribution >= 0.6 is 0 Å². The Morgan fingerprint density at radius 2 is 0.889 bits per heavy atom. The third-order valence-electron chi connectivity index (χ3n) is 6.00. The van der Waals surface area contributed by atoms with Gasteiger partial charge in [0, 0.05) is 33.0 Å². The largest absolute Gasteiger partial charge is 0.460 e.